The Balaban J connectivity index is 2.56. The van der Waals surface area contributed by atoms with Crippen molar-refractivity contribution in [2.45, 2.75) is 42.6 Å². The third kappa shape index (κ3) is 2.94. The lowest BCUT2D eigenvalue weighted by molar-refractivity contribution is 0.628. The first-order valence-electron chi connectivity index (χ1n) is 5.16. The van der Waals surface area contributed by atoms with Crippen molar-refractivity contribution in [2.24, 2.45) is 0 Å². The van der Waals surface area contributed by atoms with E-state index < -0.39 is 0 Å². The van der Waals surface area contributed by atoms with Crippen LogP contribution in [0.2, 0.25) is 0 Å². The fourth-order valence-corrected chi connectivity index (χ4v) is 4.97. The third-order valence-corrected chi connectivity index (χ3v) is 6.28. The second-order valence-corrected chi connectivity index (χ2v) is 7.06. The van der Waals surface area contributed by atoms with Crippen molar-refractivity contribution in [2.75, 3.05) is 12.8 Å². The highest BCUT2D eigenvalue weighted by Gasteiger charge is 2.30. The SMILES string of the molecule is C=C(C)C(NC)C1CSC(C)C(C)S1. The summed E-state index contributed by atoms with van der Waals surface area (Å²) in [6, 6.07) is 0.474. The molecule has 0 aliphatic carbocycles. The van der Waals surface area contributed by atoms with Crippen molar-refractivity contribution in [1.82, 2.24) is 5.32 Å². The zero-order valence-corrected chi connectivity index (χ0v) is 11.2. The molecule has 0 saturated carbocycles. The number of likely N-dealkylation sites (N-methyl/N-ethyl adjacent to an activating group) is 1. The first kappa shape index (κ1) is 12.5. The minimum atomic E-state index is 0.474. The van der Waals surface area contributed by atoms with E-state index in [0.717, 1.165) is 10.5 Å². The summed E-state index contributed by atoms with van der Waals surface area (Å²) in [5.41, 5.74) is 1.26. The molecule has 1 aliphatic heterocycles. The van der Waals surface area contributed by atoms with Crippen LogP contribution in [0.1, 0.15) is 20.8 Å². The van der Waals surface area contributed by atoms with Gasteiger partial charge >= 0.3 is 0 Å². The van der Waals surface area contributed by atoms with Crippen LogP contribution in [0.3, 0.4) is 0 Å². The number of nitrogens with one attached hydrogen (secondary N) is 1. The number of hydrogen-bond acceptors (Lipinski definition) is 3. The van der Waals surface area contributed by atoms with E-state index in [-0.39, 0.29) is 0 Å². The van der Waals surface area contributed by atoms with E-state index in [2.05, 4.69) is 56.2 Å². The highest BCUT2D eigenvalue weighted by molar-refractivity contribution is 8.07. The Morgan fingerprint density at radius 3 is 2.50 bits per heavy atom. The minimum absolute atomic E-state index is 0.474. The Bertz CT molecular complexity index is 205. The average Bonchev–Trinajstić information content (AvgIpc) is 2.11. The third-order valence-electron chi connectivity index (χ3n) is 2.79. The standard InChI is InChI=1S/C11H21NS2/c1-7(2)11(12-5)10-6-13-8(3)9(4)14-10/h8-12H,1,6H2,2-5H3. The van der Waals surface area contributed by atoms with Crippen LogP contribution >= 0.6 is 23.5 Å². The van der Waals surface area contributed by atoms with Gasteiger partial charge in [0.25, 0.3) is 0 Å². The zero-order valence-electron chi connectivity index (χ0n) is 9.54. The van der Waals surface area contributed by atoms with Gasteiger partial charge in [-0.1, -0.05) is 26.0 Å². The largest absolute Gasteiger partial charge is 0.312 e. The van der Waals surface area contributed by atoms with Crippen LogP contribution in [-0.2, 0) is 0 Å². The molecule has 14 heavy (non-hydrogen) atoms. The molecule has 0 aromatic carbocycles. The van der Waals surface area contributed by atoms with Gasteiger partial charge in [0.05, 0.1) is 0 Å². The monoisotopic (exact) mass is 231 g/mol. The molecule has 1 heterocycles. The predicted molar refractivity (Wildman–Crippen MR) is 70.4 cm³/mol. The van der Waals surface area contributed by atoms with Crippen molar-refractivity contribution in [3.63, 3.8) is 0 Å². The lowest BCUT2D eigenvalue weighted by Gasteiger charge is -2.36. The molecule has 0 radical (unpaired) electrons. The van der Waals surface area contributed by atoms with Crippen LogP contribution in [0.25, 0.3) is 0 Å². The fourth-order valence-electron chi connectivity index (χ4n) is 1.73. The number of thioether (sulfide) groups is 2. The van der Waals surface area contributed by atoms with Crippen molar-refractivity contribution >= 4 is 23.5 Å². The topological polar surface area (TPSA) is 12.0 Å². The summed E-state index contributed by atoms with van der Waals surface area (Å²) >= 11 is 4.20. The molecule has 1 saturated heterocycles. The molecular weight excluding hydrogens is 210 g/mol. The summed E-state index contributed by atoms with van der Waals surface area (Å²) in [6.45, 7) is 10.8. The number of rotatable bonds is 3. The van der Waals surface area contributed by atoms with Crippen molar-refractivity contribution < 1.29 is 0 Å². The quantitative estimate of drug-likeness (QED) is 0.750. The van der Waals surface area contributed by atoms with Gasteiger partial charge in [-0.25, -0.2) is 0 Å². The second-order valence-electron chi connectivity index (χ2n) is 4.03. The van der Waals surface area contributed by atoms with Gasteiger partial charge in [0.15, 0.2) is 0 Å². The summed E-state index contributed by atoms with van der Waals surface area (Å²) < 4.78 is 0. The molecule has 1 nitrogen and oxygen atoms in total. The van der Waals surface area contributed by atoms with Crippen LogP contribution in [0.5, 0.6) is 0 Å². The van der Waals surface area contributed by atoms with E-state index in [1.165, 1.54) is 11.3 Å². The fraction of sp³-hybridized carbons (Fsp3) is 0.818. The lowest BCUT2D eigenvalue weighted by Crippen LogP contribution is -2.42. The van der Waals surface area contributed by atoms with Crippen molar-refractivity contribution in [3.8, 4) is 0 Å². The van der Waals surface area contributed by atoms with Crippen LogP contribution < -0.4 is 5.32 Å². The summed E-state index contributed by atoms with van der Waals surface area (Å²) in [7, 11) is 2.03. The van der Waals surface area contributed by atoms with Gasteiger partial charge in [-0.15, -0.1) is 0 Å². The molecule has 0 aromatic rings. The van der Waals surface area contributed by atoms with E-state index in [1.807, 2.05) is 7.05 Å². The van der Waals surface area contributed by atoms with Gasteiger partial charge in [0.1, 0.15) is 0 Å². The molecule has 1 N–H and O–H groups in total. The summed E-state index contributed by atoms with van der Waals surface area (Å²) in [5, 5.41) is 5.61. The Kier molecular flexibility index (Phi) is 4.88. The van der Waals surface area contributed by atoms with Crippen molar-refractivity contribution in [1.29, 1.82) is 0 Å². The van der Waals surface area contributed by atoms with Crippen molar-refractivity contribution in [3.05, 3.63) is 12.2 Å². The van der Waals surface area contributed by atoms with Gasteiger partial charge < -0.3 is 5.32 Å². The Morgan fingerprint density at radius 2 is 2.07 bits per heavy atom. The maximum atomic E-state index is 4.06. The second kappa shape index (κ2) is 5.47. The van der Waals surface area contributed by atoms with Crippen LogP contribution in [-0.4, -0.2) is 34.6 Å². The summed E-state index contributed by atoms with van der Waals surface area (Å²) in [4.78, 5) is 0. The summed E-state index contributed by atoms with van der Waals surface area (Å²) in [6.07, 6.45) is 0. The first-order valence-corrected chi connectivity index (χ1v) is 7.15. The van der Waals surface area contributed by atoms with E-state index in [9.17, 15) is 0 Å². The average molecular weight is 231 g/mol. The Hall–Kier alpha value is 0.400. The van der Waals surface area contributed by atoms with Gasteiger partial charge in [-0.05, 0) is 14.0 Å². The van der Waals surface area contributed by atoms with E-state index in [0.29, 0.717) is 11.3 Å². The van der Waals surface area contributed by atoms with Crippen LogP contribution in [0.4, 0.5) is 0 Å². The van der Waals surface area contributed by atoms with Gasteiger partial charge in [0.2, 0.25) is 0 Å². The molecule has 0 spiro atoms. The van der Waals surface area contributed by atoms with Gasteiger partial charge in [-0.2, -0.15) is 23.5 Å². The zero-order chi connectivity index (χ0) is 10.7. The van der Waals surface area contributed by atoms with Gasteiger partial charge in [0, 0.05) is 27.5 Å². The molecule has 1 rings (SSSR count). The highest BCUT2D eigenvalue weighted by Crippen LogP contribution is 2.37. The highest BCUT2D eigenvalue weighted by atomic mass is 32.2. The molecule has 1 aliphatic rings. The minimum Gasteiger partial charge on any atom is -0.312 e. The maximum Gasteiger partial charge on any atom is 0.0400 e. The molecule has 0 amide bonds. The number of hydrogen-bond donors (Lipinski definition) is 1. The van der Waals surface area contributed by atoms with E-state index >= 15 is 0 Å². The van der Waals surface area contributed by atoms with Gasteiger partial charge in [-0.3, -0.25) is 0 Å². The molecule has 1 fully saturated rings. The molecular formula is C11H21NS2. The van der Waals surface area contributed by atoms with E-state index in [1.54, 1.807) is 0 Å². The molecule has 3 heteroatoms. The van der Waals surface area contributed by atoms with Crippen LogP contribution in [0, 0.1) is 0 Å². The molecule has 0 aromatic heterocycles. The molecule has 0 bridgehead atoms. The normalized spacial score (nSPS) is 35.3. The van der Waals surface area contributed by atoms with Crippen LogP contribution in [0.15, 0.2) is 12.2 Å². The maximum absolute atomic E-state index is 4.06. The molecule has 82 valence electrons. The smallest absolute Gasteiger partial charge is 0.0400 e. The van der Waals surface area contributed by atoms with E-state index in [4.69, 9.17) is 0 Å². The molecule has 4 atom stereocenters. The summed E-state index contributed by atoms with van der Waals surface area (Å²) in [5.74, 6) is 1.24. The predicted octanol–water partition coefficient (Wildman–Crippen LogP) is 2.78. The Morgan fingerprint density at radius 1 is 1.43 bits per heavy atom. The lowest BCUT2D eigenvalue weighted by atomic mass is 10.1. The Labute approximate surface area is 96.5 Å². The first-order chi connectivity index (χ1) is 6.56. The molecule has 4 unspecified atom stereocenters.